The summed E-state index contributed by atoms with van der Waals surface area (Å²) in [5.41, 5.74) is 5.76. The van der Waals surface area contributed by atoms with Gasteiger partial charge in [0.05, 0.1) is 5.69 Å². The molecule has 0 atom stereocenters. The van der Waals surface area contributed by atoms with Crippen LogP contribution in [0, 0.1) is 0 Å². The van der Waals surface area contributed by atoms with Crippen molar-refractivity contribution in [2.45, 2.75) is 11.8 Å². The Morgan fingerprint density at radius 3 is 2.53 bits per heavy atom. The number of nitrogens with one attached hydrogen (secondary N) is 2. The summed E-state index contributed by atoms with van der Waals surface area (Å²) in [5, 5.41) is 2.49. The van der Waals surface area contributed by atoms with E-state index in [2.05, 4.69) is 10.0 Å². The van der Waals surface area contributed by atoms with Crippen LogP contribution < -0.4 is 15.8 Å². The third-order valence-corrected chi connectivity index (χ3v) is 3.53. The van der Waals surface area contributed by atoms with Gasteiger partial charge in [-0.15, -0.1) is 0 Å². The molecule has 0 fully saturated rings. The molecule has 4 N–H and O–H groups in total. The third-order valence-electron chi connectivity index (χ3n) is 2.00. The van der Waals surface area contributed by atoms with Gasteiger partial charge in [0.25, 0.3) is 0 Å². The topological polar surface area (TPSA) is 101 Å². The summed E-state index contributed by atoms with van der Waals surface area (Å²) in [7, 11) is -3.62. The number of benzene rings is 1. The molecule has 1 aromatic carbocycles. The maximum atomic E-state index is 11.8. The fourth-order valence-electron chi connectivity index (χ4n) is 1.23. The molecular weight excluding hydrogens is 242 g/mol. The fourth-order valence-corrected chi connectivity index (χ4v) is 2.39. The van der Waals surface area contributed by atoms with E-state index >= 15 is 0 Å². The molecule has 0 heterocycles. The molecule has 0 aromatic heterocycles. The lowest BCUT2D eigenvalue weighted by molar-refractivity contribution is -0.118. The van der Waals surface area contributed by atoms with E-state index in [9.17, 15) is 13.2 Å². The molecule has 0 saturated heterocycles. The highest BCUT2D eigenvalue weighted by atomic mass is 32.2. The maximum Gasteiger partial charge on any atom is 0.242 e. The van der Waals surface area contributed by atoms with Crippen molar-refractivity contribution >= 4 is 21.6 Å². The van der Waals surface area contributed by atoms with Gasteiger partial charge in [-0.1, -0.05) is 12.1 Å². The summed E-state index contributed by atoms with van der Waals surface area (Å²) in [5.74, 6) is -0.205. The minimum Gasteiger partial charge on any atom is -0.398 e. The summed E-state index contributed by atoms with van der Waals surface area (Å²) in [4.78, 5) is 10.6. The first kappa shape index (κ1) is 13.5. The highest BCUT2D eigenvalue weighted by molar-refractivity contribution is 7.89. The molecule has 0 bridgehead atoms. The SMILES string of the molecule is CC(=O)NCCNS(=O)(=O)c1ccccc1N. The second-order valence-electron chi connectivity index (χ2n) is 3.42. The predicted octanol–water partition coefficient (Wildman–Crippen LogP) is -0.317. The first-order chi connectivity index (χ1) is 7.93. The van der Waals surface area contributed by atoms with Crippen molar-refractivity contribution in [1.29, 1.82) is 0 Å². The second kappa shape index (κ2) is 5.65. The van der Waals surface area contributed by atoms with Crippen LogP contribution in [0.2, 0.25) is 0 Å². The van der Waals surface area contributed by atoms with Crippen LogP contribution in [0.5, 0.6) is 0 Å². The minimum atomic E-state index is -3.62. The summed E-state index contributed by atoms with van der Waals surface area (Å²) in [6, 6.07) is 6.20. The zero-order valence-corrected chi connectivity index (χ0v) is 10.3. The Kier molecular flexibility index (Phi) is 4.47. The summed E-state index contributed by atoms with van der Waals surface area (Å²) >= 11 is 0. The number of carbonyl (C=O) groups excluding carboxylic acids is 1. The van der Waals surface area contributed by atoms with Gasteiger partial charge in [0.15, 0.2) is 0 Å². The number of rotatable bonds is 5. The molecule has 6 nitrogen and oxygen atoms in total. The molecule has 94 valence electrons. The summed E-state index contributed by atoms with van der Waals surface area (Å²) < 4.78 is 25.9. The molecule has 0 aliphatic heterocycles. The molecule has 17 heavy (non-hydrogen) atoms. The van der Waals surface area contributed by atoms with Crippen LogP contribution in [-0.2, 0) is 14.8 Å². The standard InChI is InChI=1S/C10H15N3O3S/c1-8(14)12-6-7-13-17(15,16)10-5-3-2-4-9(10)11/h2-5,13H,6-7,11H2,1H3,(H,12,14). The smallest absolute Gasteiger partial charge is 0.242 e. The Morgan fingerprint density at radius 1 is 1.29 bits per heavy atom. The first-order valence-corrected chi connectivity index (χ1v) is 6.50. The van der Waals surface area contributed by atoms with Crippen LogP contribution in [0.4, 0.5) is 5.69 Å². The number of sulfonamides is 1. The molecule has 0 aliphatic rings. The minimum absolute atomic E-state index is 0.0443. The Labute approximate surface area is 100 Å². The molecular formula is C10H15N3O3S. The van der Waals surface area contributed by atoms with E-state index in [0.717, 1.165) is 0 Å². The predicted molar refractivity (Wildman–Crippen MR) is 64.7 cm³/mol. The number of para-hydroxylation sites is 1. The van der Waals surface area contributed by atoms with E-state index in [0.29, 0.717) is 0 Å². The van der Waals surface area contributed by atoms with E-state index in [1.54, 1.807) is 12.1 Å². The lowest BCUT2D eigenvalue weighted by Gasteiger charge is -2.08. The second-order valence-corrected chi connectivity index (χ2v) is 5.15. The number of carbonyl (C=O) groups is 1. The van der Waals surface area contributed by atoms with Gasteiger partial charge >= 0.3 is 0 Å². The lowest BCUT2D eigenvalue weighted by atomic mass is 10.3. The third kappa shape index (κ3) is 4.04. The van der Waals surface area contributed by atoms with Gasteiger partial charge in [0.1, 0.15) is 4.90 Å². The molecule has 0 unspecified atom stereocenters. The zero-order chi connectivity index (χ0) is 12.9. The number of hydrogen-bond acceptors (Lipinski definition) is 4. The van der Waals surface area contributed by atoms with Crippen LogP contribution in [0.1, 0.15) is 6.92 Å². The van der Waals surface area contributed by atoms with E-state index in [4.69, 9.17) is 5.73 Å². The Morgan fingerprint density at radius 2 is 1.94 bits per heavy atom. The lowest BCUT2D eigenvalue weighted by Crippen LogP contribution is -2.33. The average molecular weight is 257 g/mol. The van der Waals surface area contributed by atoms with Gasteiger partial charge in [-0.2, -0.15) is 0 Å². The average Bonchev–Trinajstić information content (AvgIpc) is 2.24. The highest BCUT2D eigenvalue weighted by Crippen LogP contribution is 2.16. The van der Waals surface area contributed by atoms with Crippen molar-refractivity contribution in [1.82, 2.24) is 10.0 Å². The molecule has 1 aromatic rings. The van der Waals surface area contributed by atoms with E-state index in [-0.39, 0.29) is 29.6 Å². The Bertz CT molecular complexity index is 499. The van der Waals surface area contributed by atoms with Crippen molar-refractivity contribution in [2.24, 2.45) is 0 Å². The molecule has 0 spiro atoms. The van der Waals surface area contributed by atoms with Crippen molar-refractivity contribution in [2.75, 3.05) is 18.8 Å². The van der Waals surface area contributed by atoms with E-state index in [1.807, 2.05) is 0 Å². The summed E-state index contributed by atoms with van der Waals surface area (Å²) in [6.45, 7) is 1.72. The quantitative estimate of drug-likeness (QED) is 0.497. The van der Waals surface area contributed by atoms with Gasteiger partial charge in [-0.05, 0) is 12.1 Å². The highest BCUT2D eigenvalue weighted by Gasteiger charge is 2.15. The zero-order valence-electron chi connectivity index (χ0n) is 9.43. The van der Waals surface area contributed by atoms with Crippen LogP contribution in [0.25, 0.3) is 0 Å². The monoisotopic (exact) mass is 257 g/mol. The van der Waals surface area contributed by atoms with Gasteiger partial charge in [-0.3, -0.25) is 4.79 Å². The normalized spacial score (nSPS) is 11.1. The number of amides is 1. The summed E-state index contributed by atoms with van der Waals surface area (Å²) in [6.07, 6.45) is 0. The molecule has 0 aliphatic carbocycles. The van der Waals surface area contributed by atoms with Crippen LogP contribution in [-0.4, -0.2) is 27.4 Å². The van der Waals surface area contributed by atoms with Crippen molar-refractivity contribution in [3.05, 3.63) is 24.3 Å². The fraction of sp³-hybridized carbons (Fsp3) is 0.300. The Balaban J connectivity index is 2.64. The van der Waals surface area contributed by atoms with Crippen molar-refractivity contribution in [3.63, 3.8) is 0 Å². The van der Waals surface area contributed by atoms with Gasteiger partial charge in [0, 0.05) is 20.0 Å². The molecule has 1 amide bonds. The number of nitrogens with two attached hydrogens (primary N) is 1. The Hall–Kier alpha value is -1.60. The van der Waals surface area contributed by atoms with E-state index in [1.165, 1.54) is 19.1 Å². The first-order valence-electron chi connectivity index (χ1n) is 5.02. The number of nitrogen functional groups attached to an aromatic ring is 1. The van der Waals surface area contributed by atoms with E-state index < -0.39 is 10.0 Å². The van der Waals surface area contributed by atoms with Crippen LogP contribution >= 0.6 is 0 Å². The van der Waals surface area contributed by atoms with Crippen LogP contribution in [0.15, 0.2) is 29.2 Å². The molecule has 7 heteroatoms. The maximum absolute atomic E-state index is 11.8. The van der Waals surface area contributed by atoms with Crippen molar-refractivity contribution < 1.29 is 13.2 Å². The molecule has 1 rings (SSSR count). The van der Waals surface area contributed by atoms with Gasteiger partial charge in [0.2, 0.25) is 15.9 Å². The molecule has 0 saturated carbocycles. The van der Waals surface area contributed by atoms with Gasteiger partial charge in [-0.25, -0.2) is 13.1 Å². The molecule has 0 radical (unpaired) electrons. The van der Waals surface area contributed by atoms with Crippen molar-refractivity contribution in [3.8, 4) is 0 Å². The number of anilines is 1. The van der Waals surface area contributed by atoms with Gasteiger partial charge < -0.3 is 11.1 Å². The largest absolute Gasteiger partial charge is 0.398 e. The number of hydrogen-bond donors (Lipinski definition) is 3. The van der Waals surface area contributed by atoms with Crippen LogP contribution in [0.3, 0.4) is 0 Å².